The van der Waals surface area contributed by atoms with Gasteiger partial charge in [0, 0.05) is 6.42 Å². The van der Waals surface area contributed by atoms with Crippen molar-refractivity contribution in [2.45, 2.75) is 103 Å². The van der Waals surface area contributed by atoms with Crippen LogP contribution in [-0.4, -0.2) is 33.1 Å². The zero-order chi connectivity index (χ0) is 21.2. The van der Waals surface area contributed by atoms with Crippen molar-refractivity contribution in [1.82, 2.24) is 0 Å². The third kappa shape index (κ3) is 5.62. The minimum absolute atomic E-state index is 0.364. The summed E-state index contributed by atoms with van der Waals surface area (Å²) in [6.45, 7) is 8.76. The van der Waals surface area contributed by atoms with Gasteiger partial charge in [-0.05, 0) is 86.7 Å². The molecule has 1 fully saturated rings. The van der Waals surface area contributed by atoms with Crippen molar-refractivity contribution in [2.24, 2.45) is 23.2 Å². The molecule has 3 aliphatic carbocycles. The van der Waals surface area contributed by atoms with Gasteiger partial charge in [-0.15, -0.1) is 0 Å². The summed E-state index contributed by atoms with van der Waals surface area (Å²) in [6, 6.07) is 0. The van der Waals surface area contributed by atoms with E-state index in [1.807, 2.05) is 19.9 Å². The van der Waals surface area contributed by atoms with Gasteiger partial charge in [0.05, 0.1) is 17.8 Å². The first-order valence-corrected chi connectivity index (χ1v) is 11.8. The number of allylic oxidation sites excluding steroid dienone is 4. The lowest BCUT2D eigenvalue weighted by Gasteiger charge is -2.43. The average molecular weight is 403 g/mol. The molecule has 3 heteroatoms. The number of aliphatic hydroxyl groups is 3. The second-order valence-electron chi connectivity index (χ2n) is 10.9. The van der Waals surface area contributed by atoms with Crippen LogP contribution in [0.2, 0.25) is 0 Å². The second kappa shape index (κ2) is 9.08. The molecule has 29 heavy (non-hydrogen) atoms. The van der Waals surface area contributed by atoms with E-state index in [2.05, 4.69) is 32.1 Å². The van der Waals surface area contributed by atoms with Gasteiger partial charge in [-0.1, -0.05) is 51.0 Å². The van der Waals surface area contributed by atoms with Gasteiger partial charge in [0.1, 0.15) is 0 Å². The zero-order valence-corrected chi connectivity index (χ0v) is 18.9. The van der Waals surface area contributed by atoms with E-state index in [1.165, 1.54) is 31.3 Å². The molecular weight excluding hydrogens is 360 g/mol. The molecule has 0 amide bonds. The Hall–Kier alpha value is -0.900. The minimum atomic E-state index is -0.553. The Labute approximate surface area is 177 Å². The molecule has 0 unspecified atom stereocenters. The van der Waals surface area contributed by atoms with Crippen LogP contribution in [0.15, 0.2) is 35.5 Å². The molecule has 3 rings (SSSR count). The largest absolute Gasteiger partial charge is 0.393 e. The van der Waals surface area contributed by atoms with Crippen LogP contribution >= 0.6 is 0 Å². The third-order valence-electron chi connectivity index (χ3n) is 7.89. The molecule has 164 valence electrons. The predicted molar refractivity (Wildman–Crippen MR) is 119 cm³/mol. The summed E-state index contributed by atoms with van der Waals surface area (Å²) >= 11 is 0. The summed E-state index contributed by atoms with van der Waals surface area (Å²) < 4.78 is 0. The highest BCUT2D eigenvalue weighted by atomic mass is 16.3. The normalized spacial score (nSPS) is 36.7. The van der Waals surface area contributed by atoms with Gasteiger partial charge >= 0.3 is 0 Å². The van der Waals surface area contributed by atoms with E-state index in [1.54, 1.807) is 0 Å². The lowest BCUT2D eigenvalue weighted by Crippen LogP contribution is -2.35. The van der Waals surface area contributed by atoms with Crippen LogP contribution in [-0.2, 0) is 0 Å². The van der Waals surface area contributed by atoms with E-state index in [0.717, 1.165) is 30.8 Å². The van der Waals surface area contributed by atoms with Gasteiger partial charge in [0.25, 0.3) is 0 Å². The van der Waals surface area contributed by atoms with Crippen LogP contribution in [0.1, 0.15) is 85.5 Å². The smallest absolute Gasteiger partial charge is 0.0751 e. The van der Waals surface area contributed by atoms with E-state index in [-0.39, 0.29) is 0 Å². The molecule has 0 spiro atoms. The van der Waals surface area contributed by atoms with Crippen LogP contribution in [0.5, 0.6) is 0 Å². The van der Waals surface area contributed by atoms with Crippen molar-refractivity contribution in [1.29, 1.82) is 0 Å². The van der Waals surface area contributed by atoms with Crippen LogP contribution in [0, 0.1) is 23.2 Å². The Kier molecular flexibility index (Phi) is 7.13. The quantitative estimate of drug-likeness (QED) is 0.540. The van der Waals surface area contributed by atoms with Crippen molar-refractivity contribution in [2.75, 3.05) is 0 Å². The maximum absolute atomic E-state index is 10.0. The fourth-order valence-corrected chi connectivity index (χ4v) is 6.38. The first kappa shape index (κ1) is 22.8. The monoisotopic (exact) mass is 402 g/mol. The fourth-order valence-electron chi connectivity index (χ4n) is 6.38. The number of rotatable bonds is 7. The predicted octanol–water partition coefficient (Wildman–Crippen LogP) is 5.31. The van der Waals surface area contributed by atoms with Crippen molar-refractivity contribution >= 4 is 0 Å². The number of hydrogen-bond donors (Lipinski definition) is 3. The van der Waals surface area contributed by atoms with Gasteiger partial charge in [-0.25, -0.2) is 0 Å². The fraction of sp³-hybridized carbons (Fsp3) is 0.769. The summed E-state index contributed by atoms with van der Waals surface area (Å²) in [7, 11) is 0. The summed E-state index contributed by atoms with van der Waals surface area (Å²) in [6.07, 6.45) is 17.0. The molecule has 0 aliphatic heterocycles. The highest BCUT2D eigenvalue weighted by Crippen LogP contribution is 2.58. The number of fused-ring (bicyclic) bond motifs is 1. The van der Waals surface area contributed by atoms with Gasteiger partial charge < -0.3 is 15.3 Å². The lowest BCUT2D eigenvalue weighted by atomic mass is 9.62. The molecule has 3 aliphatic rings. The van der Waals surface area contributed by atoms with Gasteiger partial charge in [-0.3, -0.25) is 0 Å². The van der Waals surface area contributed by atoms with Gasteiger partial charge in [0.15, 0.2) is 0 Å². The summed E-state index contributed by atoms with van der Waals surface area (Å²) in [5.41, 5.74) is 2.32. The molecule has 6 atom stereocenters. The van der Waals surface area contributed by atoms with Crippen molar-refractivity contribution < 1.29 is 15.3 Å². The highest BCUT2D eigenvalue weighted by molar-refractivity contribution is 5.34. The molecule has 3 nitrogen and oxygen atoms in total. The maximum atomic E-state index is 10.0. The minimum Gasteiger partial charge on any atom is -0.393 e. The van der Waals surface area contributed by atoms with E-state index in [9.17, 15) is 15.3 Å². The van der Waals surface area contributed by atoms with Crippen LogP contribution in [0.25, 0.3) is 0 Å². The van der Waals surface area contributed by atoms with Crippen molar-refractivity contribution in [3.63, 3.8) is 0 Å². The van der Waals surface area contributed by atoms with E-state index in [0.29, 0.717) is 30.1 Å². The number of hydrogen-bond acceptors (Lipinski definition) is 3. The Bertz CT molecular complexity index is 653. The Morgan fingerprint density at radius 3 is 2.69 bits per heavy atom. The molecule has 0 aromatic carbocycles. The van der Waals surface area contributed by atoms with Gasteiger partial charge in [0.2, 0.25) is 0 Å². The lowest BCUT2D eigenvalue weighted by molar-refractivity contribution is 0.0613. The van der Waals surface area contributed by atoms with Crippen LogP contribution < -0.4 is 0 Å². The molecule has 1 saturated carbocycles. The van der Waals surface area contributed by atoms with E-state index >= 15 is 0 Å². The van der Waals surface area contributed by atoms with Crippen molar-refractivity contribution in [3.8, 4) is 0 Å². The Morgan fingerprint density at radius 1 is 1.24 bits per heavy atom. The SMILES string of the molecule is C[C@H](CCCC(C)(C)O)[C@H]1CC[C@@H]2C(/C=C/C3=C[C@@H](O)C[C@H](O)C3)=CCC[C@@]21C. The molecule has 0 aromatic heterocycles. The molecule has 0 heterocycles. The standard InChI is InChI=1S/C26H42O3/c1-18(7-5-13-25(2,3)29)23-11-12-24-20(8-6-14-26(23,24)4)10-9-19-15-21(27)17-22(28)16-19/h8-10,15,18,21-24,27-29H,5-7,11-14,16-17H2,1-4H3/b10-9+/t18-,21-,22-,23-,24-,26-/m1/s1. The van der Waals surface area contributed by atoms with E-state index < -0.39 is 17.8 Å². The second-order valence-corrected chi connectivity index (χ2v) is 10.9. The molecule has 0 radical (unpaired) electrons. The summed E-state index contributed by atoms with van der Waals surface area (Å²) in [5.74, 6) is 2.07. The molecule has 3 N–H and O–H groups in total. The molecular formula is C26H42O3. The average Bonchev–Trinajstić information content (AvgIpc) is 2.95. The molecule has 0 bridgehead atoms. The molecule has 0 aromatic rings. The highest BCUT2D eigenvalue weighted by Gasteiger charge is 2.49. The van der Waals surface area contributed by atoms with Crippen molar-refractivity contribution in [3.05, 3.63) is 35.5 Å². The van der Waals surface area contributed by atoms with Crippen LogP contribution in [0.4, 0.5) is 0 Å². The maximum Gasteiger partial charge on any atom is 0.0751 e. The first-order chi connectivity index (χ1) is 13.6. The first-order valence-electron chi connectivity index (χ1n) is 11.8. The topological polar surface area (TPSA) is 60.7 Å². The summed E-state index contributed by atoms with van der Waals surface area (Å²) in [4.78, 5) is 0. The molecule has 0 saturated heterocycles. The zero-order valence-electron chi connectivity index (χ0n) is 18.9. The van der Waals surface area contributed by atoms with Crippen LogP contribution in [0.3, 0.4) is 0 Å². The summed E-state index contributed by atoms with van der Waals surface area (Å²) in [5, 5.41) is 29.8. The van der Waals surface area contributed by atoms with Gasteiger partial charge in [-0.2, -0.15) is 0 Å². The Balaban J connectivity index is 1.65. The third-order valence-corrected chi connectivity index (χ3v) is 7.89. The van der Waals surface area contributed by atoms with E-state index in [4.69, 9.17) is 0 Å². The number of aliphatic hydroxyl groups excluding tert-OH is 2. The Morgan fingerprint density at radius 2 is 2.00 bits per heavy atom.